The predicted octanol–water partition coefficient (Wildman–Crippen LogP) is 6.57. The van der Waals surface area contributed by atoms with E-state index >= 15 is 0 Å². The normalized spacial score (nSPS) is 11.4. The number of rotatable bonds is 6. The monoisotopic (exact) mass is 510 g/mol. The summed E-state index contributed by atoms with van der Waals surface area (Å²) in [7, 11) is -1.63. The Morgan fingerprint density at radius 2 is 0.826 bits per heavy atom. The molecule has 128 valence electrons. The maximum Gasteiger partial charge on any atom is 0.0435 e. The third-order valence-electron chi connectivity index (χ3n) is 3.79. The van der Waals surface area contributed by atoms with Gasteiger partial charge in [0.2, 0.25) is 0 Å². The first kappa shape index (κ1) is 23.0. The summed E-state index contributed by atoms with van der Waals surface area (Å²) in [6.45, 7) is 14.6. The molecule has 2 aromatic rings. The van der Waals surface area contributed by atoms with Gasteiger partial charge in [0.1, 0.15) is 0 Å². The largest absolute Gasteiger partial charge is 0.213 e. The van der Waals surface area contributed by atoms with Gasteiger partial charge in [-0.25, -0.2) is 24.3 Å². The van der Waals surface area contributed by atoms with Gasteiger partial charge in [-0.2, -0.15) is 35.4 Å². The Morgan fingerprint density at radius 3 is 1.04 bits per heavy atom. The van der Waals surface area contributed by atoms with Crippen molar-refractivity contribution in [2.75, 3.05) is 0 Å². The minimum atomic E-state index is -0.813. The van der Waals surface area contributed by atoms with Crippen LogP contribution in [0.15, 0.2) is 48.5 Å². The van der Waals surface area contributed by atoms with Gasteiger partial charge in [-0.3, -0.25) is 0 Å². The SMILES string of the molecule is C[Si](C)(C)CC[c-]1cccc1.C[Si](C)(C)CC[c-]1cccc1.[Hf]. The van der Waals surface area contributed by atoms with Gasteiger partial charge < -0.3 is 0 Å². The Hall–Kier alpha value is 0.00390. The molecule has 0 saturated heterocycles. The fourth-order valence-corrected chi connectivity index (χ4v) is 4.28. The Balaban J connectivity index is 0.000000403. The maximum absolute atomic E-state index is 2.43. The molecule has 0 fully saturated rings. The molecule has 0 aliphatic carbocycles. The molecule has 0 unspecified atom stereocenters. The second kappa shape index (κ2) is 10.8. The molecule has 0 heterocycles. The van der Waals surface area contributed by atoms with Gasteiger partial charge in [-0.1, -0.05) is 64.2 Å². The fourth-order valence-electron chi connectivity index (χ4n) is 2.20. The third kappa shape index (κ3) is 13.0. The first-order valence-electron chi connectivity index (χ1n) is 8.57. The molecule has 23 heavy (non-hydrogen) atoms. The number of hydrogen-bond acceptors (Lipinski definition) is 0. The van der Waals surface area contributed by atoms with E-state index in [0.29, 0.717) is 0 Å². The van der Waals surface area contributed by atoms with E-state index in [-0.39, 0.29) is 25.8 Å². The molecule has 0 N–H and O–H groups in total. The molecule has 0 amide bonds. The summed E-state index contributed by atoms with van der Waals surface area (Å²) in [5.41, 5.74) is 3.01. The zero-order valence-corrected chi connectivity index (χ0v) is 21.5. The van der Waals surface area contributed by atoms with Crippen molar-refractivity contribution in [2.24, 2.45) is 0 Å². The summed E-state index contributed by atoms with van der Waals surface area (Å²) < 4.78 is 0. The number of aryl methyl sites for hydroxylation is 2. The minimum absolute atomic E-state index is 0. The van der Waals surface area contributed by atoms with Crippen molar-refractivity contribution < 1.29 is 25.8 Å². The van der Waals surface area contributed by atoms with E-state index < -0.39 is 16.1 Å². The third-order valence-corrected chi connectivity index (χ3v) is 7.29. The van der Waals surface area contributed by atoms with Crippen molar-refractivity contribution in [3.05, 3.63) is 59.7 Å². The average molecular weight is 509 g/mol. The summed E-state index contributed by atoms with van der Waals surface area (Å²) in [6, 6.07) is 20.2. The van der Waals surface area contributed by atoms with Crippen LogP contribution in [-0.4, -0.2) is 16.1 Å². The molecule has 0 radical (unpaired) electrons. The van der Waals surface area contributed by atoms with Gasteiger partial charge in [0, 0.05) is 42.0 Å². The molecule has 0 aromatic heterocycles. The van der Waals surface area contributed by atoms with E-state index in [1.807, 2.05) is 0 Å². The van der Waals surface area contributed by atoms with Crippen LogP contribution in [0, 0.1) is 0 Å². The molecular weight excluding hydrogens is 475 g/mol. The predicted molar refractivity (Wildman–Crippen MR) is 108 cm³/mol. The zero-order chi connectivity index (χ0) is 16.6. The average Bonchev–Trinajstić information content (AvgIpc) is 3.07. The number of hydrogen-bond donors (Lipinski definition) is 0. The molecule has 0 saturated carbocycles. The smallest absolute Gasteiger partial charge is 0.0435 e. The maximum atomic E-state index is 2.43. The van der Waals surface area contributed by atoms with E-state index in [0.717, 1.165) is 0 Å². The van der Waals surface area contributed by atoms with Crippen LogP contribution >= 0.6 is 0 Å². The zero-order valence-electron chi connectivity index (χ0n) is 15.9. The van der Waals surface area contributed by atoms with Crippen molar-refractivity contribution >= 4 is 16.1 Å². The van der Waals surface area contributed by atoms with E-state index in [1.54, 1.807) is 0 Å². The summed E-state index contributed by atoms with van der Waals surface area (Å²) in [5.74, 6) is 0. The summed E-state index contributed by atoms with van der Waals surface area (Å²) >= 11 is 0. The van der Waals surface area contributed by atoms with Gasteiger partial charge >= 0.3 is 0 Å². The van der Waals surface area contributed by atoms with Crippen molar-refractivity contribution in [1.29, 1.82) is 0 Å². The van der Waals surface area contributed by atoms with E-state index in [1.165, 1.54) is 36.1 Å². The Bertz CT molecular complexity index is 436. The molecule has 0 spiro atoms. The molecule has 0 bridgehead atoms. The molecule has 0 aliphatic rings. The quantitative estimate of drug-likeness (QED) is 0.306. The molecule has 3 heteroatoms. The minimum Gasteiger partial charge on any atom is -0.213 e. The standard InChI is InChI=1S/2C10H17Si.Hf/c2*1-11(2,3)9-8-10-6-4-5-7-10;/h2*4-7H,8-9H2,1-3H3;/q2*-1;. The molecular formula is C20H34HfSi2-2. The van der Waals surface area contributed by atoms with Crippen molar-refractivity contribution in [2.45, 2.75) is 64.2 Å². The molecule has 2 rings (SSSR count). The van der Waals surface area contributed by atoms with E-state index in [9.17, 15) is 0 Å². The molecule has 2 aromatic carbocycles. The van der Waals surface area contributed by atoms with Gasteiger partial charge in [-0.15, -0.1) is 0 Å². The van der Waals surface area contributed by atoms with Crippen LogP contribution in [0.3, 0.4) is 0 Å². The summed E-state index contributed by atoms with van der Waals surface area (Å²) in [4.78, 5) is 0. The topological polar surface area (TPSA) is 0 Å². The van der Waals surface area contributed by atoms with Crippen molar-refractivity contribution in [3.8, 4) is 0 Å². The first-order valence-corrected chi connectivity index (χ1v) is 16.0. The van der Waals surface area contributed by atoms with Crippen molar-refractivity contribution in [3.63, 3.8) is 0 Å². The first-order chi connectivity index (χ1) is 10.2. The summed E-state index contributed by atoms with van der Waals surface area (Å²) in [5, 5.41) is 0. The van der Waals surface area contributed by atoms with Crippen LogP contribution in [0.2, 0.25) is 51.4 Å². The van der Waals surface area contributed by atoms with Gasteiger partial charge in [0.15, 0.2) is 0 Å². The van der Waals surface area contributed by atoms with Crippen LogP contribution in [0.1, 0.15) is 11.1 Å². The van der Waals surface area contributed by atoms with Gasteiger partial charge in [0.05, 0.1) is 0 Å². The van der Waals surface area contributed by atoms with Crippen LogP contribution in [0.4, 0.5) is 0 Å². The van der Waals surface area contributed by atoms with Crippen LogP contribution in [-0.2, 0) is 38.7 Å². The van der Waals surface area contributed by atoms with E-state index in [4.69, 9.17) is 0 Å². The van der Waals surface area contributed by atoms with Crippen LogP contribution in [0.5, 0.6) is 0 Å². The summed E-state index contributed by atoms with van der Waals surface area (Å²) in [6.07, 6.45) is 2.56. The fraction of sp³-hybridized carbons (Fsp3) is 0.500. The molecule has 0 nitrogen and oxygen atoms in total. The second-order valence-electron chi connectivity index (χ2n) is 8.71. The van der Waals surface area contributed by atoms with Crippen LogP contribution in [0.25, 0.3) is 0 Å². The van der Waals surface area contributed by atoms with Gasteiger partial charge in [0.25, 0.3) is 0 Å². The molecule has 0 atom stereocenters. The second-order valence-corrected chi connectivity index (χ2v) is 20.0. The Labute approximate surface area is 165 Å². The van der Waals surface area contributed by atoms with Crippen molar-refractivity contribution in [1.82, 2.24) is 0 Å². The van der Waals surface area contributed by atoms with Gasteiger partial charge in [-0.05, 0) is 0 Å². The van der Waals surface area contributed by atoms with E-state index in [2.05, 4.69) is 87.8 Å². The Morgan fingerprint density at radius 1 is 0.565 bits per heavy atom. The molecule has 0 aliphatic heterocycles. The Kier molecular flexibility index (Phi) is 10.8. The van der Waals surface area contributed by atoms with Crippen LogP contribution < -0.4 is 0 Å².